The lowest BCUT2D eigenvalue weighted by Gasteiger charge is -2.18. The number of rotatable bonds is 2. The first-order valence-electron chi connectivity index (χ1n) is 5.63. The summed E-state index contributed by atoms with van der Waals surface area (Å²) in [5, 5.41) is 0. The zero-order valence-corrected chi connectivity index (χ0v) is 12.0. The van der Waals surface area contributed by atoms with Crippen LogP contribution in [-0.2, 0) is 17.0 Å². The van der Waals surface area contributed by atoms with Crippen molar-refractivity contribution in [3.63, 3.8) is 0 Å². The van der Waals surface area contributed by atoms with Crippen LogP contribution in [-0.4, -0.2) is 17.3 Å². The van der Waals surface area contributed by atoms with Crippen LogP contribution in [0.5, 0.6) is 0 Å². The lowest BCUT2D eigenvalue weighted by Crippen LogP contribution is -2.33. The number of fused-ring (bicyclic) bond motifs is 1. The Bertz CT molecular complexity index is 397. The van der Waals surface area contributed by atoms with Crippen LogP contribution in [0.3, 0.4) is 0 Å². The number of aryl methyl sites for hydroxylation is 1. The summed E-state index contributed by atoms with van der Waals surface area (Å²) in [7, 11) is 0. The Labute approximate surface area is 110 Å². The second kappa shape index (κ2) is 5.00. The van der Waals surface area contributed by atoms with Crippen LogP contribution in [0.25, 0.3) is 0 Å². The smallest absolute Gasteiger partial charge is 0.268 e. The molecule has 0 atom stereocenters. The Morgan fingerprint density at radius 3 is 2.88 bits per heavy atom. The van der Waals surface area contributed by atoms with Crippen molar-refractivity contribution in [2.24, 2.45) is 0 Å². The van der Waals surface area contributed by atoms with E-state index in [1.807, 2.05) is 38.6 Å². The van der Waals surface area contributed by atoms with E-state index < -0.39 is 0 Å². The highest BCUT2D eigenvalue weighted by molar-refractivity contribution is 7.98. The van der Waals surface area contributed by atoms with E-state index in [2.05, 4.69) is 5.48 Å². The molecule has 3 nitrogen and oxygen atoms in total. The molecular weight excluding hydrogens is 254 g/mol. The van der Waals surface area contributed by atoms with Gasteiger partial charge >= 0.3 is 0 Å². The van der Waals surface area contributed by atoms with E-state index in [0.717, 1.165) is 22.8 Å². The lowest BCUT2D eigenvalue weighted by atomic mass is 10.2. The molecule has 0 bridgehead atoms. The van der Waals surface area contributed by atoms with Gasteiger partial charge in [-0.3, -0.25) is 9.63 Å². The molecular formula is C12H17NO2S2. The zero-order valence-electron chi connectivity index (χ0n) is 10.3. The average Bonchev–Trinajstić information content (AvgIpc) is 2.68. The van der Waals surface area contributed by atoms with Gasteiger partial charge < -0.3 is 0 Å². The summed E-state index contributed by atoms with van der Waals surface area (Å²) in [6.45, 7) is 5.72. The minimum atomic E-state index is -0.359. The van der Waals surface area contributed by atoms with Crippen molar-refractivity contribution in [2.75, 3.05) is 5.75 Å². The molecule has 0 saturated carbocycles. The maximum atomic E-state index is 11.9. The number of hydrogen-bond donors (Lipinski definition) is 1. The number of hydrogen-bond acceptors (Lipinski definition) is 4. The van der Waals surface area contributed by atoms with Crippen molar-refractivity contribution < 1.29 is 9.63 Å². The fourth-order valence-corrected chi connectivity index (χ4v) is 3.77. The van der Waals surface area contributed by atoms with Gasteiger partial charge in [-0.25, -0.2) is 5.48 Å². The minimum absolute atomic E-state index is 0.135. The fraction of sp³-hybridized carbons (Fsp3) is 0.583. The van der Waals surface area contributed by atoms with Gasteiger partial charge in [0.05, 0.1) is 10.5 Å². The van der Waals surface area contributed by atoms with Gasteiger partial charge in [0.2, 0.25) is 0 Å². The summed E-state index contributed by atoms with van der Waals surface area (Å²) in [6, 6.07) is 1.99. The van der Waals surface area contributed by atoms with Crippen LogP contribution in [0.1, 0.15) is 40.9 Å². The standard InChI is InChI=1S/C12H17NO2S2/c1-12(2,3)15-13-11(14)10-6-8-7-16-5-4-9(8)17-10/h6H,4-5,7H2,1-3H3,(H,13,14). The summed E-state index contributed by atoms with van der Waals surface area (Å²) < 4.78 is 0. The first-order chi connectivity index (χ1) is 7.96. The van der Waals surface area contributed by atoms with E-state index in [-0.39, 0.29) is 11.5 Å². The minimum Gasteiger partial charge on any atom is -0.268 e. The second-order valence-electron chi connectivity index (χ2n) is 5.01. The molecule has 0 aliphatic carbocycles. The number of thiophene rings is 1. The molecule has 0 spiro atoms. The van der Waals surface area contributed by atoms with E-state index in [0.29, 0.717) is 0 Å². The van der Waals surface area contributed by atoms with Crippen LogP contribution < -0.4 is 5.48 Å². The molecule has 1 aromatic heterocycles. The van der Waals surface area contributed by atoms with Gasteiger partial charge in [0.15, 0.2) is 0 Å². The molecule has 2 heterocycles. The van der Waals surface area contributed by atoms with Crippen LogP contribution in [0, 0.1) is 0 Å². The SMILES string of the molecule is CC(C)(C)ONC(=O)c1cc2c(s1)CCSC2. The third-order valence-corrected chi connectivity index (χ3v) is 4.55. The second-order valence-corrected chi connectivity index (χ2v) is 7.25. The number of thioether (sulfide) groups is 1. The summed E-state index contributed by atoms with van der Waals surface area (Å²) in [4.78, 5) is 19.3. The molecule has 0 aromatic carbocycles. The van der Waals surface area contributed by atoms with Gasteiger partial charge in [-0.15, -0.1) is 11.3 Å². The molecule has 94 valence electrons. The molecule has 0 fully saturated rings. The zero-order chi connectivity index (χ0) is 12.5. The monoisotopic (exact) mass is 271 g/mol. The average molecular weight is 271 g/mol. The van der Waals surface area contributed by atoms with E-state index in [1.54, 1.807) is 11.3 Å². The largest absolute Gasteiger partial charge is 0.284 e. The molecule has 1 N–H and O–H groups in total. The third-order valence-electron chi connectivity index (χ3n) is 2.30. The molecule has 1 aromatic rings. The number of nitrogens with one attached hydrogen (secondary N) is 1. The van der Waals surface area contributed by atoms with Crippen LogP contribution in [0.4, 0.5) is 0 Å². The first-order valence-corrected chi connectivity index (χ1v) is 7.60. The fourth-order valence-electron chi connectivity index (χ4n) is 1.51. The molecule has 0 unspecified atom stereocenters. The van der Waals surface area contributed by atoms with Gasteiger partial charge in [0, 0.05) is 10.6 Å². The predicted octanol–water partition coefficient (Wildman–Crippen LogP) is 3.00. The lowest BCUT2D eigenvalue weighted by molar-refractivity contribution is -0.0588. The Morgan fingerprint density at radius 1 is 1.47 bits per heavy atom. The van der Waals surface area contributed by atoms with Gasteiger partial charge in [-0.05, 0) is 44.6 Å². The van der Waals surface area contributed by atoms with Gasteiger partial charge in [-0.1, -0.05) is 0 Å². The quantitative estimate of drug-likeness (QED) is 0.840. The van der Waals surface area contributed by atoms with E-state index in [9.17, 15) is 4.79 Å². The Morgan fingerprint density at radius 2 is 2.24 bits per heavy atom. The number of carbonyl (C=O) groups excluding carboxylic acids is 1. The maximum Gasteiger partial charge on any atom is 0.284 e. The van der Waals surface area contributed by atoms with E-state index in [1.165, 1.54) is 10.4 Å². The Kier molecular flexibility index (Phi) is 3.80. The predicted molar refractivity (Wildman–Crippen MR) is 72.5 cm³/mol. The Hall–Kier alpha value is -0.520. The van der Waals surface area contributed by atoms with Gasteiger partial charge in [-0.2, -0.15) is 11.8 Å². The molecule has 5 heteroatoms. The van der Waals surface area contributed by atoms with Crippen LogP contribution >= 0.6 is 23.1 Å². The highest BCUT2D eigenvalue weighted by atomic mass is 32.2. The molecule has 0 radical (unpaired) electrons. The molecule has 0 saturated heterocycles. The van der Waals surface area contributed by atoms with Crippen LogP contribution in [0.2, 0.25) is 0 Å². The highest BCUT2D eigenvalue weighted by Gasteiger charge is 2.19. The van der Waals surface area contributed by atoms with Crippen molar-refractivity contribution in [2.45, 2.75) is 38.5 Å². The molecule has 1 aliphatic rings. The van der Waals surface area contributed by atoms with Crippen molar-refractivity contribution in [3.05, 3.63) is 21.4 Å². The highest BCUT2D eigenvalue weighted by Crippen LogP contribution is 2.31. The molecule has 1 amide bonds. The van der Waals surface area contributed by atoms with Crippen molar-refractivity contribution in [1.29, 1.82) is 0 Å². The first kappa shape index (κ1) is 12.9. The topological polar surface area (TPSA) is 38.3 Å². The van der Waals surface area contributed by atoms with E-state index >= 15 is 0 Å². The Balaban J connectivity index is 2.02. The van der Waals surface area contributed by atoms with Crippen molar-refractivity contribution in [1.82, 2.24) is 5.48 Å². The number of amides is 1. The third kappa shape index (κ3) is 3.47. The molecule has 2 rings (SSSR count). The van der Waals surface area contributed by atoms with E-state index in [4.69, 9.17) is 4.84 Å². The summed E-state index contributed by atoms with van der Waals surface area (Å²) in [5.74, 6) is 2.05. The van der Waals surface area contributed by atoms with Crippen LogP contribution in [0.15, 0.2) is 6.07 Å². The van der Waals surface area contributed by atoms with Crippen molar-refractivity contribution >= 4 is 29.0 Å². The number of carbonyl (C=O) groups is 1. The molecule has 1 aliphatic heterocycles. The summed E-state index contributed by atoms with van der Waals surface area (Å²) in [6.07, 6.45) is 1.08. The number of hydroxylamine groups is 1. The summed E-state index contributed by atoms with van der Waals surface area (Å²) in [5.41, 5.74) is 3.47. The van der Waals surface area contributed by atoms with Gasteiger partial charge in [0.25, 0.3) is 5.91 Å². The molecule has 17 heavy (non-hydrogen) atoms. The van der Waals surface area contributed by atoms with Gasteiger partial charge in [0.1, 0.15) is 0 Å². The summed E-state index contributed by atoms with van der Waals surface area (Å²) >= 11 is 3.51. The normalized spacial score (nSPS) is 15.5. The van der Waals surface area contributed by atoms with Crippen molar-refractivity contribution in [3.8, 4) is 0 Å². The maximum absolute atomic E-state index is 11.9.